The number of fused-ring (bicyclic) bond motifs is 8. The second kappa shape index (κ2) is 11.2. The van der Waals surface area contributed by atoms with Crippen LogP contribution in [0.15, 0.2) is 180 Å². The summed E-state index contributed by atoms with van der Waals surface area (Å²) in [4.78, 5) is 2.43. The number of anilines is 3. The SMILES string of the molecule is c1ccc(-c2ccc(N(c3ccc4c(oc5ccc6ccccc6c54)c3-c3ccccc3)c3cccc4c3sc3ccccc34)cc2)cc1. The van der Waals surface area contributed by atoms with Gasteiger partial charge in [-0.2, -0.15) is 0 Å². The van der Waals surface area contributed by atoms with Crippen molar-refractivity contribution in [3.05, 3.63) is 176 Å². The van der Waals surface area contributed by atoms with Crippen molar-refractivity contribution >= 4 is 81.3 Å². The van der Waals surface area contributed by atoms with Crippen LogP contribution in [0, 0.1) is 0 Å². The molecule has 0 radical (unpaired) electrons. The van der Waals surface area contributed by atoms with E-state index in [0.29, 0.717) is 0 Å². The van der Waals surface area contributed by atoms with Crippen molar-refractivity contribution in [2.24, 2.45) is 0 Å². The predicted molar refractivity (Wildman–Crippen MR) is 210 cm³/mol. The van der Waals surface area contributed by atoms with Crippen molar-refractivity contribution in [2.75, 3.05) is 4.90 Å². The van der Waals surface area contributed by atoms with Gasteiger partial charge in [-0.15, -0.1) is 11.3 Å². The molecule has 0 bridgehead atoms. The first-order valence-electron chi connectivity index (χ1n) is 16.6. The average molecular weight is 644 g/mol. The first-order chi connectivity index (χ1) is 24.3. The van der Waals surface area contributed by atoms with Crippen LogP contribution in [0.25, 0.3) is 75.1 Å². The Balaban J connectivity index is 1.29. The molecule has 0 aliphatic rings. The number of nitrogens with zero attached hydrogens (tertiary/aromatic N) is 1. The summed E-state index contributed by atoms with van der Waals surface area (Å²) in [6, 6.07) is 63.1. The third-order valence-electron chi connectivity index (χ3n) is 9.67. The molecule has 10 aromatic rings. The van der Waals surface area contributed by atoms with E-state index in [9.17, 15) is 0 Å². The van der Waals surface area contributed by atoms with Crippen molar-refractivity contribution in [3.8, 4) is 22.3 Å². The Kier molecular flexibility index (Phi) is 6.39. The third kappa shape index (κ3) is 4.47. The fourth-order valence-electron chi connectivity index (χ4n) is 7.42. The Labute approximate surface area is 287 Å². The first kappa shape index (κ1) is 27.9. The molecule has 0 N–H and O–H groups in total. The Morgan fingerprint density at radius 1 is 0.429 bits per heavy atom. The van der Waals surface area contributed by atoms with Gasteiger partial charge in [0.15, 0.2) is 0 Å². The highest BCUT2D eigenvalue weighted by Crippen LogP contribution is 2.50. The van der Waals surface area contributed by atoms with E-state index in [1.165, 1.54) is 42.1 Å². The summed E-state index contributed by atoms with van der Waals surface area (Å²) in [5.41, 5.74) is 9.66. The minimum atomic E-state index is 0.893. The quantitative estimate of drug-likeness (QED) is 0.186. The van der Waals surface area contributed by atoms with Gasteiger partial charge in [-0.3, -0.25) is 0 Å². The number of furan rings is 1. The van der Waals surface area contributed by atoms with Crippen molar-refractivity contribution in [2.45, 2.75) is 0 Å². The third-order valence-corrected chi connectivity index (χ3v) is 10.9. The lowest BCUT2D eigenvalue weighted by atomic mass is 9.97. The summed E-state index contributed by atoms with van der Waals surface area (Å²) in [7, 11) is 0. The second-order valence-corrected chi connectivity index (χ2v) is 13.5. The maximum atomic E-state index is 6.90. The zero-order valence-corrected chi connectivity index (χ0v) is 27.3. The van der Waals surface area contributed by atoms with E-state index in [4.69, 9.17) is 4.42 Å². The van der Waals surface area contributed by atoms with Gasteiger partial charge in [-0.05, 0) is 69.9 Å². The van der Waals surface area contributed by atoms with Crippen LogP contribution in [0.5, 0.6) is 0 Å². The van der Waals surface area contributed by atoms with Gasteiger partial charge >= 0.3 is 0 Å². The summed E-state index contributed by atoms with van der Waals surface area (Å²) in [6.45, 7) is 0. The fraction of sp³-hybridized carbons (Fsp3) is 0. The summed E-state index contributed by atoms with van der Waals surface area (Å²) in [5.74, 6) is 0. The van der Waals surface area contributed by atoms with Crippen molar-refractivity contribution in [3.63, 3.8) is 0 Å². The van der Waals surface area contributed by atoms with Crippen molar-refractivity contribution < 1.29 is 4.42 Å². The molecule has 0 aliphatic carbocycles. The maximum absolute atomic E-state index is 6.90. The van der Waals surface area contributed by atoms with Crippen molar-refractivity contribution in [1.29, 1.82) is 0 Å². The minimum absolute atomic E-state index is 0.893. The lowest BCUT2D eigenvalue weighted by Crippen LogP contribution is -2.11. The van der Waals surface area contributed by atoms with E-state index in [1.807, 2.05) is 11.3 Å². The molecule has 3 heteroatoms. The molecule has 49 heavy (non-hydrogen) atoms. The van der Waals surface area contributed by atoms with Gasteiger partial charge in [0.25, 0.3) is 0 Å². The van der Waals surface area contributed by atoms with Crippen LogP contribution in [-0.4, -0.2) is 0 Å². The predicted octanol–water partition coefficient (Wildman–Crippen LogP) is 13.9. The molecule has 0 unspecified atom stereocenters. The molecule has 2 heterocycles. The highest BCUT2D eigenvalue weighted by Gasteiger charge is 2.25. The second-order valence-electron chi connectivity index (χ2n) is 12.5. The van der Waals surface area contributed by atoms with Crippen LogP contribution < -0.4 is 4.90 Å². The molecule has 0 atom stereocenters. The van der Waals surface area contributed by atoms with Crippen LogP contribution >= 0.6 is 11.3 Å². The van der Waals surface area contributed by atoms with E-state index in [2.05, 4.69) is 181 Å². The van der Waals surface area contributed by atoms with E-state index in [1.54, 1.807) is 0 Å². The number of hydrogen-bond donors (Lipinski definition) is 0. The molecule has 0 aliphatic heterocycles. The van der Waals surface area contributed by atoms with E-state index in [0.717, 1.165) is 50.1 Å². The monoisotopic (exact) mass is 643 g/mol. The maximum Gasteiger partial charge on any atom is 0.145 e. The molecule has 2 nitrogen and oxygen atoms in total. The Hall–Kier alpha value is -6.16. The Morgan fingerprint density at radius 3 is 1.92 bits per heavy atom. The molecule has 0 fully saturated rings. The molecular formula is C46H29NOS. The molecule has 0 amide bonds. The van der Waals surface area contributed by atoms with Gasteiger partial charge in [-0.1, -0.05) is 133 Å². The molecule has 10 rings (SSSR count). The lowest BCUT2D eigenvalue weighted by Gasteiger charge is -2.28. The first-order valence-corrected chi connectivity index (χ1v) is 17.4. The lowest BCUT2D eigenvalue weighted by molar-refractivity contribution is 0.670. The van der Waals surface area contributed by atoms with Gasteiger partial charge in [-0.25, -0.2) is 0 Å². The van der Waals surface area contributed by atoms with Gasteiger partial charge in [0.05, 0.1) is 16.1 Å². The number of rotatable bonds is 5. The smallest absolute Gasteiger partial charge is 0.145 e. The minimum Gasteiger partial charge on any atom is -0.455 e. The average Bonchev–Trinajstić information content (AvgIpc) is 3.75. The molecule has 0 spiro atoms. The molecule has 2 aromatic heterocycles. The van der Waals surface area contributed by atoms with Gasteiger partial charge in [0, 0.05) is 37.5 Å². The number of benzene rings is 8. The van der Waals surface area contributed by atoms with Crippen molar-refractivity contribution in [1.82, 2.24) is 0 Å². The fourth-order valence-corrected chi connectivity index (χ4v) is 8.63. The van der Waals surface area contributed by atoms with Crippen LogP contribution in [-0.2, 0) is 0 Å². The highest BCUT2D eigenvalue weighted by atomic mass is 32.1. The molecule has 230 valence electrons. The van der Waals surface area contributed by atoms with Crippen LogP contribution in [0.1, 0.15) is 0 Å². The van der Waals surface area contributed by atoms with Gasteiger partial charge < -0.3 is 9.32 Å². The molecule has 0 saturated carbocycles. The molecule has 0 saturated heterocycles. The highest BCUT2D eigenvalue weighted by molar-refractivity contribution is 7.26. The zero-order chi connectivity index (χ0) is 32.3. The van der Waals surface area contributed by atoms with Crippen LogP contribution in [0.3, 0.4) is 0 Å². The normalized spacial score (nSPS) is 11.7. The number of hydrogen-bond acceptors (Lipinski definition) is 3. The standard InChI is InChI=1S/C46H29NOS/c1-3-12-30(13-4-1)31-22-25-34(26-23-31)47(40-20-11-19-37-36-18-9-10-21-42(36)49-46(37)40)39-28-27-38-44-35-17-8-7-14-32(35)24-29-41(44)48-45(38)43(39)33-15-5-2-6-16-33/h1-29H. The van der Waals surface area contributed by atoms with E-state index >= 15 is 0 Å². The Bertz CT molecular complexity index is 2810. The number of thiophene rings is 1. The summed E-state index contributed by atoms with van der Waals surface area (Å²) < 4.78 is 9.44. The van der Waals surface area contributed by atoms with Crippen LogP contribution in [0.2, 0.25) is 0 Å². The summed E-state index contributed by atoms with van der Waals surface area (Å²) >= 11 is 1.85. The summed E-state index contributed by atoms with van der Waals surface area (Å²) in [5, 5.41) is 7.23. The Morgan fingerprint density at radius 2 is 1.10 bits per heavy atom. The largest absolute Gasteiger partial charge is 0.455 e. The topological polar surface area (TPSA) is 16.4 Å². The zero-order valence-electron chi connectivity index (χ0n) is 26.5. The molecule has 8 aromatic carbocycles. The van der Waals surface area contributed by atoms with Gasteiger partial charge in [0.1, 0.15) is 11.2 Å². The molecular weight excluding hydrogens is 615 g/mol. The van der Waals surface area contributed by atoms with Crippen LogP contribution in [0.4, 0.5) is 17.1 Å². The van der Waals surface area contributed by atoms with E-state index < -0.39 is 0 Å². The van der Waals surface area contributed by atoms with Gasteiger partial charge in [0.2, 0.25) is 0 Å². The summed E-state index contributed by atoms with van der Waals surface area (Å²) in [6.07, 6.45) is 0. The van der Waals surface area contributed by atoms with E-state index in [-0.39, 0.29) is 0 Å².